The number of aliphatic hydroxyl groups is 1. The average Bonchev–Trinajstić information content (AvgIpc) is 2.53. The highest BCUT2D eigenvalue weighted by Crippen LogP contribution is 2.31. The van der Waals surface area contributed by atoms with Gasteiger partial charge in [-0.2, -0.15) is 0 Å². The number of anilines is 1. The van der Waals surface area contributed by atoms with Gasteiger partial charge in [-0.1, -0.05) is 34.8 Å². The van der Waals surface area contributed by atoms with Crippen molar-refractivity contribution in [1.29, 1.82) is 0 Å². The van der Waals surface area contributed by atoms with Gasteiger partial charge in [0, 0.05) is 22.7 Å². The molecule has 0 bridgehead atoms. The lowest BCUT2D eigenvalue weighted by molar-refractivity contribution is 0.198. The van der Waals surface area contributed by atoms with Crippen molar-refractivity contribution in [1.82, 2.24) is 0 Å². The molecule has 3 heteroatoms. The Hall–Kier alpha value is -0.540. The van der Waals surface area contributed by atoms with E-state index >= 15 is 0 Å². The summed E-state index contributed by atoms with van der Waals surface area (Å²) < 4.78 is 1.01. The molecule has 0 aromatic heterocycles. The Bertz CT molecular complexity index is 405. The predicted molar refractivity (Wildman–Crippen MR) is 80.1 cm³/mol. The Kier molecular flexibility index (Phi) is 4.68. The summed E-state index contributed by atoms with van der Waals surface area (Å²) in [6, 6.07) is 6.91. The lowest BCUT2D eigenvalue weighted by Crippen LogP contribution is -2.32. The zero-order valence-electron chi connectivity index (χ0n) is 11.2. The van der Waals surface area contributed by atoms with E-state index in [0.717, 1.165) is 16.6 Å². The molecular weight excluding hydrogens is 290 g/mol. The third-order valence-electron chi connectivity index (χ3n) is 3.82. The van der Waals surface area contributed by atoms with Gasteiger partial charge in [0.05, 0.1) is 6.10 Å². The summed E-state index contributed by atoms with van der Waals surface area (Å²) in [4.78, 5) is 2.49. The monoisotopic (exact) mass is 311 g/mol. The van der Waals surface area contributed by atoms with Crippen LogP contribution in [0.2, 0.25) is 0 Å². The molecule has 0 radical (unpaired) electrons. The third-order valence-corrected chi connectivity index (χ3v) is 4.51. The second-order valence-electron chi connectivity index (χ2n) is 5.27. The van der Waals surface area contributed by atoms with Crippen LogP contribution in [-0.4, -0.2) is 17.7 Å². The molecule has 100 valence electrons. The summed E-state index contributed by atoms with van der Waals surface area (Å²) in [6.45, 7) is 5.25. The lowest BCUT2D eigenvalue weighted by Gasteiger charge is -2.30. The fourth-order valence-electron chi connectivity index (χ4n) is 2.69. The third kappa shape index (κ3) is 3.07. The van der Waals surface area contributed by atoms with Crippen LogP contribution in [0.1, 0.15) is 51.2 Å². The van der Waals surface area contributed by atoms with Crippen LogP contribution in [0.4, 0.5) is 5.69 Å². The molecule has 1 saturated heterocycles. The van der Waals surface area contributed by atoms with Crippen LogP contribution >= 0.6 is 15.9 Å². The van der Waals surface area contributed by atoms with Gasteiger partial charge in [0.2, 0.25) is 0 Å². The Morgan fingerprint density at radius 3 is 2.78 bits per heavy atom. The second-order valence-corrected chi connectivity index (χ2v) is 6.13. The molecule has 0 amide bonds. The zero-order valence-corrected chi connectivity index (χ0v) is 12.8. The quantitative estimate of drug-likeness (QED) is 0.881. The molecule has 18 heavy (non-hydrogen) atoms. The van der Waals surface area contributed by atoms with E-state index < -0.39 is 6.10 Å². The molecule has 0 saturated carbocycles. The van der Waals surface area contributed by atoms with Crippen molar-refractivity contribution in [2.24, 2.45) is 0 Å². The highest BCUT2D eigenvalue weighted by molar-refractivity contribution is 9.10. The van der Waals surface area contributed by atoms with E-state index in [1.54, 1.807) is 6.92 Å². The molecule has 1 N–H and O–H groups in total. The van der Waals surface area contributed by atoms with E-state index in [-0.39, 0.29) is 0 Å². The zero-order chi connectivity index (χ0) is 13.1. The largest absolute Gasteiger partial charge is 0.389 e. The van der Waals surface area contributed by atoms with Gasteiger partial charge in [0.25, 0.3) is 0 Å². The smallest absolute Gasteiger partial charge is 0.0772 e. The van der Waals surface area contributed by atoms with Crippen molar-refractivity contribution in [3.8, 4) is 0 Å². The first kappa shape index (κ1) is 13.9. The molecule has 1 aliphatic rings. The first-order chi connectivity index (χ1) is 8.59. The molecule has 2 atom stereocenters. The predicted octanol–water partition coefficient (Wildman–Crippen LogP) is 4.27. The maximum atomic E-state index is 9.66. The van der Waals surface area contributed by atoms with Crippen molar-refractivity contribution in [3.05, 3.63) is 28.2 Å². The molecule has 2 unspecified atom stereocenters. The van der Waals surface area contributed by atoms with Crippen molar-refractivity contribution >= 4 is 21.6 Å². The number of halogens is 1. The van der Waals surface area contributed by atoms with Crippen LogP contribution in [0, 0.1) is 0 Å². The maximum absolute atomic E-state index is 9.66. The van der Waals surface area contributed by atoms with Crippen molar-refractivity contribution in [3.63, 3.8) is 0 Å². The number of nitrogens with zero attached hydrogens (tertiary/aromatic N) is 1. The van der Waals surface area contributed by atoms with E-state index in [1.165, 1.54) is 31.4 Å². The van der Waals surface area contributed by atoms with Crippen molar-refractivity contribution in [2.75, 3.05) is 11.4 Å². The van der Waals surface area contributed by atoms with Gasteiger partial charge in [0.15, 0.2) is 0 Å². The number of benzene rings is 1. The Balaban J connectivity index is 2.24. The highest BCUT2D eigenvalue weighted by atomic mass is 79.9. The van der Waals surface area contributed by atoms with E-state index in [9.17, 15) is 5.11 Å². The van der Waals surface area contributed by atoms with Crippen molar-refractivity contribution in [2.45, 2.75) is 51.7 Å². The number of hydrogen-bond donors (Lipinski definition) is 1. The van der Waals surface area contributed by atoms with Crippen LogP contribution in [0.15, 0.2) is 22.7 Å². The lowest BCUT2D eigenvalue weighted by atomic mass is 10.1. The number of rotatable bonds is 2. The minimum absolute atomic E-state index is 0.421. The molecule has 0 aliphatic carbocycles. The topological polar surface area (TPSA) is 23.5 Å². The van der Waals surface area contributed by atoms with Crippen LogP contribution in [0.3, 0.4) is 0 Å². The van der Waals surface area contributed by atoms with Gasteiger partial charge < -0.3 is 10.0 Å². The van der Waals surface area contributed by atoms with E-state index in [2.05, 4.69) is 39.9 Å². The highest BCUT2D eigenvalue weighted by Gasteiger charge is 2.18. The first-order valence-electron chi connectivity index (χ1n) is 6.83. The molecule has 1 aromatic rings. The molecule has 2 nitrogen and oxygen atoms in total. The van der Waals surface area contributed by atoms with E-state index in [0.29, 0.717) is 6.04 Å². The van der Waals surface area contributed by atoms with Gasteiger partial charge in [-0.15, -0.1) is 0 Å². The molecule has 1 heterocycles. The van der Waals surface area contributed by atoms with Gasteiger partial charge >= 0.3 is 0 Å². The molecular formula is C15H22BrNO. The van der Waals surface area contributed by atoms with Gasteiger partial charge in [0.1, 0.15) is 0 Å². The molecule has 0 spiro atoms. The molecule has 1 fully saturated rings. The van der Waals surface area contributed by atoms with Gasteiger partial charge in [-0.25, -0.2) is 0 Å². The fraction of sp³-hybridized carbons (Fsp3) is 0.600. The normalized spacial score (nSPS) is 22.7. The first-order valence-corrected chi connectivity index (χ1v) is 7.63. The maximum Gasteiger partial charge on any atom is 0.0772 e. The molecule has 1 aromatic carbocycles. The fourth-order valence-corrected chi connectivity index (χ4v) is 3.39. The summed E-state index contributed by atoms with van der Waals surface area (Å²) in [5, 5.41) is 9.66. The molecule has 1 aliphatic heterocycles. The van der Waals surface area contributed by atoms with Crippen LogP contribution in [0.25, 0.3) is 0 Å². The summed E-state index contributed by atoms with van der Waals surface area (Å²) >= 11 is 3.57. The Morgan fingerprint density at radius 2 is 2.11 bits per heavy atom. The number of aliphatic hydroxyl groups excluding tert-OH is 1. The number of hydrogen-bond acceptors (Lipinski definition) is 2. The summed E-state index contributed by atoms with van der Waals surface area (Å²) in [7, 11) is 0. The Labute approximate surface area is 118 Å². The summed E-state index contributed by atoms with van der Waals surface area (Å²) in [5.41, 5.74) is 2.22. The summed E-state index contributed by atoms with van der Waals surface area (Å²) in [6.07, 6.45) is 4.81. The summed E-state index contributed by atoms with van der Waals surface area (Å²) in [5.74, 6) is 0. The van der Waals surface area contributed by atoms with Crippen molar-refractivity contribution < 1.29 is 5.11 Å². The minimum atomic E-state index is -0.421. The van der Waals surface area contributed by atoms with Crippen LogP contribution in [-0.2, 0) is 0 Å². The molecule has 2 rings (SSSR count). The van der Waals surface area contributed by atoms with Crippen LogP contribution < -0.4 is 4.90 Å². The second kappa shape index (κ2) is 6.07. The van der Waals surface area contributed by atoms with E-state index in [4.69, 9.17) is 0 Å². The van der Waals surface area contributed by atoms with E-state index in [1.807, 2.05) is 6.07 Å². The van der Waals surface area contributed by atoms with Gasteiger partial charge in [-0.3, -0.25) is 0 Å². The standard InChI is InChI=1S/C15H22BrNO/c1-11-6-4-3-5-9-17(11)13-7-8-14(12(2)18)15(16)10-13/h7-8,10-12,18H,3-6,9H2,1-2H3. The SMILES string of the molecule is CC(O)c1ccc(N2CCCCCC2C)cc1Br. The van der Waals surface area contributed by atoms with Crippen LogP contribution in [0.5, 0.6) is 0 Å². The minimum Gasteiger partial charge on any atom is -0.389 e. The van der Waals surface area contributed by atoms with Gasteiger partial charge in [-0.05, 0) is 44.4 Å². The Morgan fingerprint density at radius 1 is 1.33 bits per heavy atom. The average molecular weight is 312 g/mol.